The zero-order chi connectivity index (χ0) is 24.4. The van der Waals surface area contributed by atoms with Crippen molar-refractivity contribution in [2.75, 3.05) is 13.1 Å². The number of rotatable bonds is 6. The monoisotopic (exact) mass is 470 g/mol. The Labute approximate surface area is 205 Å². The SMILES string of the molecule is C=CC(=O)N1CCC(C2CCCc3c(C(N)=O)c(-c4ccc(Oc5ccccc5)cc4)nn32)CC1. The van der Waals surface area contributed by atoms with E-state index in [-0.39, 0.29) is 11.9 Å². The number of fused-ring (bicyclic) bond motifs is 1. The average molecular weight is 471 g/mol. The first-order chi connectivity index (χ1) is 17.0. The van der Waals surface area contributed by atoms with Gasteiger partial charge in [0.15, 0.2) is 0 Å². The summed E-state index contributed by atoms with van der Waals surface area (Å²) in [5, 5.41) is 4.96. The minimum absolute atomic E-state index is 0.00939. The second-order valence-electron chi connectivity index (χ2n) is 9.25. The topological polar surface area (TPSA) is 90.4 Å². The summed E-state index contributed by atoms with van der Waals surface area (Å²) in [6.07, 6.45) is 5.99. The molecule has 1 unspecified atom stereocenters. The van der Waals surface area contributed by atoms with Gasteiger partial charge in [0.1, 0.15) is 17.2 Å². The summed E-state index contributed by atoms with van der Waals surface area (Å²) in [6, 6.07) is 17.4. The molecule has 1 fully saturated rings. The number of para-hydroxylation sites is 1. The van der Waals surface area contributed by atoms with Crippen LogP contribution in [0.5, 0.6) is 11.5 Å². The normalized spacial score (nSPS) is 18.1. The van der Waals surface area contributed by atoms with E-state index in [4.69, 9.17) is 15.6 Å². The molecule has 1 aromatic heterocycles. The van der Waals surface area contributed by atoms with E-state index in [2.05, 4.69) is 11.3 Å². The number of likely N-dealkylation sites (tertiary alicyclic amines) is 1. The molecule has 2 aromatic carbocycles. The van der Waals surface area contributed by atoms with Gasteiger partial charge in [0.25, 0.3) is 5.91 Å². The highest BCUT2D eigenvalue weighted by atomic mass is 16.5. The van der Waals surface area contributed by atoms with Crippen LogP contribution in [0.3, 0.4) is 0 Å². The Balaban J connectivity index is 1.41. The lowest BCUT2D eigenvalue weighted by molar-refractivity contribution is -0.127. The number of amides is 2. The third-order valence-electron chi connectivity index (χ3n) is 7.16. The summed E-state index contributed by atoms with van der Waals surface area (Å²) in [4.78, 5) is 26.4. The fourth-order valence-electron chi connectivity index (χ4n) is 5.42. The first-order valence-corrected chi connectivity index (χ1v) is 12.2. The van der Waals surface area contributed by atoms with Gasteiger partial charge in [0.2, 0.25) is 5.91 Å². The molecular formula is C28H30N4O3. The van der Waals surface area contributed by atoms with Gasteiger partial charge >= 0.3 is 0 Å². The molecule has 0 bridgehead atoms. The molecule has 2 aliphatic heterocycles. The zero-order valence-electron chi connectivity index (χ0n) is 19.7. The van der Waals surface area contributed by atoms with Gasteiger partial charge in [-0.15, -0.1) is 0 Å². The molecule has 3 aromatic rings. The lowest BCUT2D eigenvalue weighted by Crippen LogP contribution is -2.40. The fraction of sp³-hybridized carbons (Fsp3) is 0.321. The molecule has 0 aliphatic carbocycles. The minimum Gasteiger partial charge on any atom is -0.457 e. The number of hydrogen-bond acceptors (Lipinski definition) is 4. The Kier molecular flexibility index (Phi) is 6.40. The van der Waals surface area contributed by atoms with Crippen LogP contribution < -0.4 is 10.5 Å². The van der Waals surface area contributed by atoms with Crippen LogP contribution in [0.25, 0.3) is 11.3 Å². The molecule has 2 N–H and O–H groups in total. The lowest BCUT2D eigenvalue weighted by atomic mass is 9.84. The Morgan fingerprint density at radius 3 is 2.34 bits per heavy atom. The molecule has 1 atom stereocenters. The van der Waals surface area contributed by atoms with Gasteiger partial charge < -0.3 is 15.4 Å². The van der Waals surface area contributed by atoms with Crippen LogP contribution in [0.2, 0.25) is 0 Å². The number of aromatic nitrogens is 2. The maximum atomic E-state index is 12.6. The van der Waals surface area contributed by atoms with Crippen LogP contribution in [0, 0.1) is 5.92 Å². The average Bonchev–Trinajstić information content (AvgIpc) is 3.29. The van der Waals surface area contributed by atoms with Gasteiger partial charge in [-0.25, -0.2) is 0 Å². The van der Waals surface area contributed by atoms with Crippen molar-refractivity contribution in [3.63, 3.8) is 0 Å². The molecule has 180 valence electrons. The number of carbonyl (C=O) groups is 2. The number of primary amides is 1. The second kappa shape index (κ2) is 9.78. The number of nitrogens with zero attached hydrogens (tertiary/aromatic N) is 3. The molecule has 0 radical (unpaired) electrons. The van der Waals surface area contributed by atoms with Crippen molar-refractivity contribution in [1.29, 1.82) is 0 Å². The number of piperidine rings is 1. The van der Waals surface area contributed by atoms with Crippen molar-refractivity contribution < 1.29 is 14.3 Å². The summed E-state index contributed by atoms with van der Waals surface area (Å²) in [7, 11) is 0. The highest BCUT2D eigenvalue weighted by molar-refractivity contribution is 6.00. The molecule has 5 rings (SSSR count). The summed E-state index contributed by atoms with van der Waals surface area (Å²) < 4.78 is 7.97. The first kappa shape index (κ1) is 22.9. The standard InChI is InChI=1S/C28H30N4O3/c1-2-25(33)31-17-15-19(16-18-31)23-9-6-10-24-26(28(29)34)27(30-32(23)24)20-11-13-22(14-12-20)35-21-7-4-3-5-8-21/h2-5,7-8,11-14,19,23H,1,6,9-10,15-18H2,(H2,29,34). The Morgan fingerprint density at radius 2 is 1.69 bits per heavy atom. The van der Waals surface area contributed by atoms with Crippen LogP contribution in [0.15, 0.2) is 67.3 Å². The number of ether oxygens (including phenoxy) is 1. The van der Waals surface area contributed by atoms with Crippen LogP contribution in [0.4, 0.5) is 0 Å². The molecule has 0 saturated carbocycles. The molecular weight excluding hydrogens is 440 g/mol. The van der Waals surface area contributed by atoms with Crippen LogP contribution in [-0.4, -0.2) is 39.6 Å². The van der Waals surface area contributed by atoms with Crippen LogP contribution in [0.1, 0.15) is 47.8 Å². The van der Waals surface area contributed by atoms with Gasteiger partial charge in [-0.1, -0.05) is 24.8 Å². The summed E-state index contributed by atoms with van der Waals surface area (Å²) >= 11 is 0. The molecule has 35 heavy (non-hydrogen) atoms. The van der Waals surface area contributed by atoms with Crippen LogP contribution in [-0.2, 0) is 11.2 Å². The van der Waals surface area contributed by atoms with Crippen LogP contribution >= 0.6 is 0 Å². The molecule has 1 saturated heterocycles. The number of benzene rings is 2. The number of carbonyl (C=O) groups excluding carboxylic acids is 2. The van der Waals surface area contributed by atoms with Gasteiger partial charge in [0, 0.05) is 18.7 Å². The second-order valence-corrected chi connectivity index (χ2v) is 9.25. The third kappa shape index (κ3) is 4.58. The molecule has 2 amide bonds. The van der Waals surface area contributed by atoms with Crippen molar-refractivity contribution in [3.8, 4) is 22.8 Å². The number of hydrogen-bond donors (Lipinski definition) is 1. The van der Waals surface area contributed by atoms with Crippen molar-refractivity contribution >= 4 is 11.8 Å². The van der Waals surface area contributed by atoms with E-state index in [1.165, 1.54) is 6.08 Å². The largest absolute Gasteiger partial charge is 0.457 e. The Hall–Kier alpha value is -3.87. The van der Waals surface area contributed by atoms with E-state index < -0.39 is 5.91 Å². The smallest absolute Gasteiger partial charge is 0.252 e. The van der Waals surface area contributed by atoms with Gasteiger partial charge in [-0.05, 0) is 80.5 Å². The Bertz CT molecular complexity index is 1230. The highest BCUT2D eigenvalue weighted by Gasteiger charge is 2.35. The Morgan fingerprint density at radius 1 is 1.00 bits per heavy atom. The summed E-state index contributed by atoms with van der Waals surface area (Å²) in [5.74, 6) is 1.42. The predicted octanol–water partition coefficient (Wildman–Crippen LogP) is 4.74. The van der Waals surface area contributed by atoms with Crippen molar-refractivity contribution in [2.45, 2.75) is 38.1 Å². The summed E-state index contributed by atoms with van der Waals surface area (Å²) in [6.45, 7) is 5.05. The zero-order valence-corrected chi connectivity index (χ0v) is 19.7. The summed E-state index contributed by atoms with van der Waals surface area (Å²) in [5.41, 5.74) is 8.79. The van der Waals surface area contributed by atoms with Gasteiger partial charge in [0.05, 0.1) is 17.3 Å². The van der Waals surface area contributed by atoms with E-state index in [0.717, 1.165) is 62.2 Å². The van der Waals surface area contributed by atoms with Crippen molar-refractivity contribution in [2.24, 2.45) is 11.7 Å². The molecule has 0 spiro atoms. The van der Waals surface area contributed by atoms with E-state index in [0.29, 0.717) is 22.9 Å². The van der Waals surface area contributed by atoms with E-state index in [1.54, 1.807) is 0 Å². The van der Waals surface area contributed by atoms with Crippen molar-refractivity contribution in [3.05, 3.63) is 78.5 Å². The maximum Gasteiger partial charge on any atom is 0.252 e. The van der Waals surface area contributed by atoms with E-state index in [9.17, 15) is 9.59 Å². The predicted molar refractivity (Wildman–Crippen MR) is 134 cm³/mol. The highest BCUT2D eigenvalue weighted by Crippen LogP contribution is 2.40. The first-order valence-electron chi connectivity index (χ1n) is 12.2. The maximum absolute atomic E-state index is 12.6. The lowest BCUT2D eigenvalue weighted by Gasteiger charge is -2.38. The number of nitrogens with two attached hydrogens (primary N) is 1. The van der Waals surface area contributed by atoms with Crippen molar-refractivity contribution in [1.82, 2.24) is 14.7 Å². The van der Waals surface area contributed by atoms with E-state index >= 15 is 0 Å². The third-order valence-corrected chi connectivity index (χ3v) is 7.16. The minimum atomic E-state index is -0.446. The fourth-order valence-corrected chi connectivity index (χ4v) is 5.42. The molecule has 7 heteroatoms. The quantitative estimate of drug-likeness (QED) is 0.527. The van der Waals surface area contributed by atoms with E-state index in [1.807, 2.05) is 59.5 Å². The molecule has 3 heterocycles. The molecule has 2 aliphatic rings. The molecule has 7 nitrogen and oxygen atoms in total. The van der Waals surface area contributed by atoms with Gasteiger partial charge in [-0.3, -0.25) is 14.3 Å². The van der Waals surface area contributed by atoms with Gasteiger partial charge in [-0.2, -0.15) is 5.10 Å².